The topological polar surface area (TPSA) is 52.6 Å². The Hall–Kier alpha value is -1.58. The van der Waals surface area contributed by atoms with Crippen LogP contribution in [0.1, 0.15) is 47.0 Å². The maximum atomic E-state index is 11.4. The van der Waals surface area contributed by atoms with Crippen molar-refractivity contribution in [2.45, 2.75) is 52.6 Å². The van der Waals surface area contributed by atoms with Crippen LogP contribution in [0.25, 0.3) is 0 Å². The van der Waals surface area contributed by atoms with Crippen molar-refractivity contribution in [1.29, 1.82) is 0 Å². The fourth-order valence-corrected chi connectivity index (χ4v) is 1.33. The van der Waals surface area contributed by atoms with Crippen LogP contribution in [0.15, 0.2) is 24.3 Å². The van der Waals surface area contributed by atoms with Gasteiger partial charge < -0.3 is 9.47 Å². The normalized spacial score (nSPS) is 10.7. The number of carbonyl (C=O) groups excluding carboxylic acids is 2. The van der Waals surface area contributed by atoms with Crippen molar-refractivity contribution in [3.05, 3.63) is 24.3 Å². The molecule has 0 rings (SSSR count). The molecule has 0 aliphatic heterocycles. The molecule has 0 aromatic rings. The highest BCUT2D eigenvalue weighted by atomic mass is 16.6. The molecule has 0 unspecified atom stereocenters. The summed E-state index contributed by atoms with van der Waals surface area (Å²) >= 11 is 0. The van der Waals surface area contributed by atoms with Crippen LogP contribution >= 0.6 is 0 Å². The predicted molar refractivity (Wildman–Crippen MR) is 74.6 cm³/mol. The van der Waals surface area contributed by atoms with Gasteiger partial charge in [0.05, 0.1) is 6.61 Å². The lowest BCUT2D eigenvalue weighted by molar-refractivity contribution is -0.152. The second kappa shape index (κ2) is 7.77. The van der Waals surface area contributed by atoms with E-state index < -0.39 is 5.60 Å². The molecule has 4 heteroatoms. The third-order valence-corrected chi connectivity index (χ3v) is 2.47. The third-order valence-electron chi connectivity index (χ3n) is 2.47. The molecule has 0 heterocycles. The van der Waals surface area contributed by atoms with Gasteiger partial charge in [-0.1, -0.05) is 13.2 Å². The average Bonchev–Trinajstić information content (AvgIpc) is 2.27. The molecule has 4 nitrogen and oxygen atoms in total. The molecule has 0 aliphatic carbocycles. The highest BCUT2D eigenvalue weighted by molar-refractivity contribution is 5.87. The van der Waals surface area contributed by atoms with Crippen molar-refractivity contribution in [1.82, 2.24) is 0 Å². The SMILES string of the molecule is C=C(C)C(=O)OCCCCC(C)(C)OC(=O)C(=C)C. The molecule has 0 aliphatic rings. The van der Waals surface area contributed by atoms with Crippen LogP contribution in [0.2, 0.25) is 0 Å². The smallest absolute Gasteiger partial charge is 0.333 e. The van der Waals surface area contributed by atoms with E-state index in [1.807, 2.05) is 13.8 Å². The standard InChI is InChI=1S/C15H24O4/c1-11(2)13(16)18-10-8-7-9-15(5,6)19-14(17)12(3)4/h1,3,7-10H2,2,4-6H3. The molecule has 108 valence electrons. The lowest BCUT2D eigenvalue weighted by Gasteiger charge is -2.25. The summed E-state index contributed by atoms with van der Waals surface area (Å²) in [5.41, 5.74) is 0.258. The van der Waals surface area contributed by atoms with E-state index in [0.717, 1.165) is 12.8 Å². The van der Waals surface area contributed by atoms with Gasteiger partial charge in [-0.15, -0.1) is 0 Å². The lowest BCUT2D eigenvalue weighted by Crippen LogP contribution is -2.28. The molecule has 0 atom stereocenters. The van der Waals surface area contributed by atoms with Gasteiger partial charge >= 0.3 is 11.9 Å². The lowest BCUT2D eigenvalue weighted by atomic mass is 10.0. The first-order valence-electron chi connectivity index (χ1n) is 6.37. The second-order valence-corrected chi connectivity index (χ2v) is 5.30. The summed E-state index contributed by atoms with van der Waals surface area (Å²) in [4.78, 5) is 22.5. The first kappa shape index (κ1) is 17.4. The van der Waals surface area contributed by atoms with Gasteiger partial charge in [0.25, 0.3) is 0 Å². The van der Waals surface area contributed by atoms with Crippen molar-refractivity contribution in [3.8, 4) is 0 Å². The number of rotatable bonds is 8. The van der Waals surface area contributed by atoms with E-state index in [2.05, 4.69) is 13.2 Å². The summed E-state index contributed by atoms with van der Waals surface area (Å²) in [5, 5.41) is 0. The summed E-state index contributed by atoms with van der Waals surface area (Å²) in [6.07, 6.45) is 2.24. The molecule has 0 saturated carbocycles. The van der Waals surface area contributed by atoms with Crippen LogP contribution in [-0.4, -0.2) is 24.1 Å². The molecule has 0 N–H and O–H groups in total. The van der Waals surface area contributed by atoms with Crippen LogP contribution in [0.3, 0.4) is 0 Å². The minimum atomic E-state index is -0.533. The van der Waals surface area contributed by atoms with Gasteiger partial charge in [0.2, 0.25) is 0 Å². The monoisotopic (exact) mass is 268 g/mol. The van der Waals surface area contributed by atoms with Gasteiger partial charge in [-0.3, -0.25) is 0 Å². The largest absolute Gasteiger partial charge is 0.462 e. The van der Waals surface area contributed by atoms with Crippen LogP contribution in [0.4, 0.5) is 0 Å². The summed E-state index contributed by atoms with van der Waals surface area (Å²) in [6.45, 7) is 14.3. The molecule has 0 fully saturated rings. The van der Waals surface area contributed by atoms with E-state index >= 15 is 0 Å². The van der Waals surface area contributed by atoms with E-state index in [-0.39, 0.29) is 11.9 Å². The number of unbranched alkanes of at least 4 members (excludes halogenated alkanes) is 1. The summed E-state index contributed by atoms with van der Waals surface area (Å²) in [5.74, 6) is -0.744. The maximum absolute atomic E-state index is 11.4. The Labute approximate surface area is 115 Å². The van der Waals surface area contributed by atoms with Gasteiger partial charge in [-0.25, -0.2) is 9.59 Å². The van der Waals surface area contributed by atoms with Gasteiger partial charge in [0, 0.05) is 11.1 Å². The Kier molecular flexibility index (Phi) is 7.12. The highest BCUT2D eigenvalue weighted by Gasteiger charge is 2.22. The van der Waals surface area contributed by atoms with Crippen molar-refractivity contribution < 1.29 is 19.1 Å². The average molecular weight is 268 g/mol. The first-order valence-corrected chi connectivity index (χ1v) is 6.37. The fraction of sp³-hybridized carbons (Fsp3) is 0.600. The van der Waals surface area contributed by atoms with E-state index in [4.69, 9.17) is 9.47 Å². The van der Waals surface area contributed by atoms with Crippen molar-refractivity contribution in [3.63, 3.8) is 0 Å². The Morgan fingerprint density at radius 1 is 1.00 bits per heavy atom. The molecule has 0 bridgehead atoms. The summed E-state index contributed by atoms with van der Waals surface area (Å²) in [6, 6.07) is 0. The van der Waals surface area contributed by atoms with E-state index in [1.165, 1.54) is 0 Å². The number of ether oxygens (including phenoxy) is 2. The van der Waals surface area contributed by atoms with E-state index in [0.29, 0.717) is 24.2 Å². The van der Waals surface area contributed by atoms with Crippen molar-refractivity contribution in [2.24, 2.45) is 0 Å². The molecule has 0 spiro atoms. The number of hydrogen-bond acceptors (Lipinski definition) is 4. The summed E-state index contributed by atoms with van der Waals surface area (Å²) in [7, 11) is 0. The zero-order valence-electron chi connectivity index (χ0n) is 12.4. The Balaban J connectivity index is 3.87. The zero-order chi connectivity index (χ0) is 15.1. The molecule has 0 saturated heterocycles. The van der Waals surface area contributed by atoms with Gasteiger partial charge in [-0.2, -0.15) is 0 Å². The maximum Gasteiger partial charge on any atom is 0.333 e. The van der Waals surface area contributed by atoms with Crippen molar-refractivity contribution >= 4 is 11.9 Å². The first-order chi connectivity index (χ1) is 8.65. The minimum absolute atomic E-state index is 0.357. The quantitative estimate of drug-likeness (QED) is 0.385. The Bertz CT molecular complexity index is 366. The van der Waals surface area contributed by atoms with Gasteiger partial charge in [-0.05, 0) is 47.0 Å². The van der Waals surface area contributed by atoms with Gasteiger partial charge in [0.15, 0.2) is 0 Å². The van der Waals surface area contributed by atoms with E-state index in [1.54, 1.807) is 13.8 Å². The molecule has 0 radical (unpaired) electrons. The fourth-order valence-electron chi connectivity index (χ4n) is 1.33. The Morgan fingerprint density at radius 3 is 2.00 bits per heavy atom. The molecular weight excluding hydrogens is 244 g/mol. The van der Waals surface area contributed by atoms with Crippen molar-refractivity contribution in [2.75, 3.05) is 6.61 Å². The van der Waals surface area contributed by atoms with Crippen LogP contribution < -0.4 is 0 Å². The highest BCUT2D eigenvalue weighted by Crippen LogP contribution is 2.19. The zero-order valence-corrected chi connectivity index (χ0v) is 12.4. The molecular formula is C15H24O4. The number of hydrogen-bond donors (Lipinski definition) is 0. The van der Waals surface area contributed by atoms with Crippen LogP contribution in [0, 0.1) is 0 Å². The minimum Gasteiger partial charge on any atom is -0.462 e. The molecule has 19 heavy (non-hydrogen) atoms. The second-order valence-electron chi connectivity index (χ2n) is 5.30. The van der Waals surface area contributed by atoms with Gasteiger partial charge in [0.1, 0.15) is 5.60 Å². The predicted octanol–water partition coefficient (Wildman–Crippen LogP) is 3.17. The Morgan fingerprint density at radius 2 is 1.53 bits per heavy atom. The molecule has 0 amide bonds. The van der Waals surface area contributed by atoms with Crippen LogP contribution in [0.5, 0.6) is 0 Å². The third kappa shape index (κ3) is 8.19. The number of esters is 2. The number of carbonyl (C=O) groups is 2. The summed E-state index contributed by atoms with van der Waals surface area (Å²) < 4.78 is 10.3. The molecule has 0 aromatic carbocycles. The molecule has 0 aromatic heterocycles. The van der Waals surface area contributed by atoms with E-state index in [9.17, 15) is 9.59 Å². The van der Waals surface area contributed by atoms with Crippen LogP contribution in [-0.2, 0) is 19.1 Å².